The monoisotopic (exact) mass is 324 g/mol. The quantitative estimate of drug-likeness (QED) is 0.731. The van der Waals surface area contributed by atoms with Gasteiger partial charge in [-0.3, -0.25) is 0 Å². The van der Waals surface area contributed by atoms with Crippen LogP contribution in [0.2, 0.25) is 0 Å². The molecule has 24 heavy (non-hydrogen) atoms. The number of halogens is 1. The number of hydrogen-bond donors (Lipinski definition) is 0. The first kappa shape index (κ1) is 15.0. The van der Waals surface area contributed by atoms with Crippen LogP contribution >= 0.6 is 0 Å². The lowest BCUT2D eigenvalue weighted by molar-refractivity contribution is 0.618. The number of imidazole rings is 1. The molecule has 0 aliphatic heterocycles. The highest BCUT2D eigenvalue weighted by Gasteiger charge is 2.20. The van der Waals surface area contributed by atoms with E-state index < -0.39 is 0 Å². The summed E-state index contributed by atoms with van der Waals surface area (Å²) < 4.78 is 16.1. The third kappa shape index (κ3) is 2.40. The number of aromatic nitrogens is 4. The third-order valence-electron chi connectivity index (χ3n) is 4.35. The predicted molar refractivity (Wildman–Crippen MR) is 93.4 cm³/mol. The van der Waals surface area contributed by atoms with Crippen molar-refractivity contribution in [2.75, 3.05) is 0 Å². The Hall–Kier alpha value is -2.56. The average Bonchev–Trinajstić information content (AvgIpc) is 3.11. The van der Waals surface area contributed by atoms with Crippen LogP contribution in [0.15, 0.2) is 30.7 Å². The zero-order valence-electron chi connectivity index (χ0n) is 14.0. The van der Waals surface area contributed by atoms with Crippen LogP contribution in [-0.2, 0) is 12.8 Å². The zero-order chi connectivity index (χ0) is 16.8. The van der Waals surface area contributed by atoms with Crippen LogP contribution in [0, 0.1) is 18.7 Å². The molecular weight excluding hydrogens is 303 g/mol. The molecule has 4 nitrogen and oxygen atoms in total. The molecular formula is C19H21FN4. The van der Waals surface area contributed by atoms with Gasteiger partial charge in [0.15, 0.2) is 11.5 Å². The van der Waals surface area contributed by atoms with Gasteiger partial charge in [0, 0.05) is 49.7 Å². The van der Waals surface area contributed by atoms with Crippen LogP contribution in [0.5, 0.6) is 0 Å². The number of rotatable bonds is 3. The third-order valence-corrected chi connectivity index (χ3v) is 4.35. The molecule has 0 fully saturated rings. The molecule has 5 heteroatoms. The number of nitrogens with zero attached hydrogens (tertiary/aromatic N) is 4. The van der Waals surface area contributed by atoms with Gasteiger partial charge < -0.3 is 4.40 Å². The molecule has 0 radical (unpaired) electrons. The van der Waals surface area contributed by atoms with Gasteiger partial charge in [0.25, 0.3) is 0 Å². The highest BCUT2D eigenvalue weighted by Crippen LogP contribution is 2.32. The van der Waals surface area contributed by atoms with Crippen LogP contribution < -0.4 is 0 Å². The second-order valence-electron chi connectivity index (χ2n) is 6.74. The van der Waals surface area contributed by atoms with Crippen LogP contribution in [0.25, 0.3) is 11.2 Å². The number of hydrogen-bond acceptors (Lipinski definition) is 3. The lowest BCUT2D eigenvalue weighted by Gasteiger charge is -2.09. The molecule has 0 saturated heterocycles. The topological polar surface area (TPSA) is 43.1 Å². The summed E-state index contributed by atoms with van der Waals surface area (Å²) in [6, 6.07) is 1.55. The molecule has 124 valence electrons. The van der Waals surface area contributed by atoms with E-state index in [1.807, 2.05) is 19.3 Å². The van der Waals surface area contributed by atoms with Gasteiger partial charge in [-0.15, -0.1) is 0 Å². The van der Waals surface area contributed by atoms with Gasteiger partial charge in [-0.2, -0.15) is 0 Å². The maximum Gasteiger partial charge on any atom is 0.173 e. The number of aryl methyl sites for hydroxylation is 1. The molecule has 4 rings (SSSR count). The number of pyridine rings is 1. The molecule has 0 atom stereocenters. The van der Waals surface area contributed by atoms with E-state index >= 15 is 0 Å². The van der Waals surface area contributed by atoms with Gasteiger partial charge >= 0.3 is 0 Å². The molecule has 0 saturated carbocycles. The first-order chi connectivity index (χ1) is 11.5. The molecule has 3 aromatic rings. The van der Waals surface area contributed by atoms with Crippen LogP contribution in [0.1, 0.15) is 43.6 Å². The van der Waals surface area contributed by atoms with E-state index in [9.17, 15) is 4.39 Å². The Morgan fingerprint density at radius 3 is 2.92 bits per heavy atom. The summed E-state index contributed by atoms with van der Waals surface area (Å²) in [6.45, 7) is 6.24. The normalized spacial score (nSPS) is 13.6. The second-order valence-corrected chi connectivity index (χ2v) is 6.74. The van der Waals surface area contributed by atoms with Crippen molar-refractivity contribution in [3.63, 3.8) is 0 Å². The Morgan fingerprint density at radius 1 is 1.29 bits per heavy atom. The number of fused-ring (bicyclic) bond motifs is 2. The average molecular weight is 324 g/mol. The Balaban J connectivity index is 0.00000182. The fourth-order valence-electron chi connectivity index (χ4n) is 3.20. The van der Waals surface area contributed by atoms with E-state index in [0.717, 1.165) is 46.8 Å². The minimum Gasteiger partial charge on any atom is -0.301 e. The fourth-order valence-corrected chi connectivity index (χ4v) is 3.20. The van der Waals surface area contributed by atoms with Crippen molar-refractivity contribution in [2.45, 2.75) is 33.6 Å². The van der Waals surface area contributed by atoms with E-state index in [1.54, 1.807) is 16.7 Å². The van der Waals surface area contributed by atoms with Gasteiger partial charge in [0.05, 0.1) is 5.69 Å². The van der Waals surface area contributed by atoms with Crippen molar-refractivity contribution in [1.29, 1.82) is 0 Å². The molecule has 0 unspecified atom stereocenters. The smallest absolute Gasteiger partial charge is 0.173 e. The van der Waals surface area contributed by atoms with Crippen molar-refractivity contribution in [3.05, 3.63) is 64.9 Å². The minimum atomic E-state index is -0.313. The standard InChI is InChI=1S/C19H19FN4.H2/c1-11(2)6-18-21-9-15-14(4-5-17(15)23-18)13-7-16(20)19-22-8-12(3)24(19)10-13;/h4,7-11H,5-6H2,1-3H3;1H. The summed E-state index contributed by atoms with van der Waals surface area (Å²) in [5.74, 6) is 1.09. The molecule has 3 heterocycles. The first-order valence-electron chi connectivity index (χ1n) is 8.22. The SMILES string of the molecule is Cc1cnc2c(F)cc(C3=CCc4nc(CC(C)C)ncc43)cn12.[HH]. The van der Waals surface area contributed by atoms with Crippen LogP contribution in [0.3, 0.4) is 0 Å². The van der Waals surface area contributed by atoms with Gasteiger partial charge in [0.1, 0.15) is 5.82 Å². The summed E-state index contributed by atoms with van der Waals surface area (Å²) in [5.41, 5.74) is 5.12. The van der Waals surface area contributed by atoms with E-state index in [4.69, 9.17) is 0 Å². The van der Waals surface area contributed by atoms with Gasteiger partial charge in [-0.05, 0) is 24.5 Å². The second kappa shape index (κ2) is 5.51. The molecule has 0 N–H and O–H groups in total. The fraction of sp³-hybridized carbons (Fsp3) is 0.316. The van der Waals surface area contributed by atoms with E-state index in [1.165, 1.54) is 0 Å². The molecule has 3 aromatic heterocycles. The maximum atomic E-state index is 14.4. The van der Waals surface area contributed by atoms with Gasteiger partial charge in [0.2, 0.25) is 0 Å². The van der Waals surface area contributed by atoms with E-state index in [0.29, 0.717) is 11.6 Å². The first-order valence-corrected chi connectivity index (χ1v) is 8.22. The molecule has 0 amide bonds. The predicted octanol–water partition coefficient (Wildman–Crippen LogP) is 4.00. The summed E-state index contributed by atoms with van der Waals surface area (Å²) in [4.78, 5) is 13.3. The number of allylic oxidation sites excluding steroid dienone is 1. The summed E-state index contributed by atoms with van der Waals surface area (Å²) in [7, 11) is 0. The molecule has 1 aliphatic carbocycles. The Kier molecular flexibility index (Phi) is 3.44. The van der Waals surface area contributed by atoms with Crippen LogP contribution in [-0.4, -0.2) is 19.4 Å². The summed E-state index contributed by atoms with van der Waals surface area (Å²) in [6.07, 6.45) is 9.23. The molecule has 0 bridgehead atoms. The molecule has 0 spiro atoms. The Labute approximate surface area is 141 Å². The summed E-state index contributed by atoms with van der Waals surface area (Å²) in [5, 5.41) is 0. The summed E-state index contributed by atoms with van der Waals surface area (Å²) >= 11 is 0. The highest BCUT2D eigenvalue weighted by molar-refractivity contribution is 5.83. The lowest BCUT2D eigenvalue weighted by Crippen LogP contribution is -2.04. The van der Waals surface area contributed by atoms with Crippen molar-refractivity contribution in [2.24, 2.45) is 5.92 Å². The molecule has 1 aliphatic rings. The van der Waals surface area contributed by atoms with Gasteiger partial charge in [-0.25, -0.2) is 19.3 Å². The van der Waals surface area contributed by atoms with Crippen molar-refractivity contribution < 1.29 is 5.82 Å². The van der Waals surface area contributed by atoms with Gasteiger partial charge in [-0.1, -0.05) is 19.9 Å². The molecule has 0 aromatic carbocycles. The van der Waals surface area contributed by atoms with Crippen molar-refractivity contribution in [1.82, 2.24) is 19.4 Å². The maximum absolute atomic E-state index is 14.4. The minimum absolute atomic E-state index is 0. The van der Waals surface area contributed by atoms with E-state index in [-0.39, 0.29) is 7.24 Å². The Bertz CT molecular complexity index is 975. The van der Waals surface area contributed by atoms with E-state index in [2.05, 4.69) is 34.9 Å². The zero-order valence-corrected chi connectivity index (χ0v) is 14.0. The van der Waals surface area contributed by atoms with Crippen LogP contribution in [0.4, 0.5) is 4.39 Å². The Morgan fingerprint density at radius 2 is 2.12 bits per heavy atom. The highest BCUT2D eigenvalue weighted by atomic mass is 19.1. The van der Waals surface area contributed by atoms with Crippen molar-refractivity contribution in [3.8, 4) is 0 Å². The largest absolute Gasteiger partial charge is 0.301 e. The van der Waals surface area contributed by atoms with Crippen molar-refractivity contribution >= 4 is 11.2 Å². The lowest BCUT2D eigenvalue weighted by atomic mass is 10.0.